The van der Waals surface area contributed by atoms with Gasteiger partial charge in [-0.25, -0.2) is 0 Å². The summed E-state index contributed by atoms with van der Waals surface area (Å²) in [4.78, 5) is 14.8. The van der Waals surface area contributed by atoms with Gasteiger partial charge in [-0.3, -0.25) is 4.79 Å². The van der Waals surface area contributed by atoms with E-state index in [1.807, 2.05) is 24.0 Å². The van der Waals surface area contributed by atoms with Gasteiger partial charge in [0.2, 0.25) is 0 Å². The molecule has 1 aromatic rings. The molecule has 2 fully saturated rings. The van der Waals surface area contributed by atoms with E-state index in [4.69, 9.17) is 5.73 Å². The summed E-state index contributed by atoms with van der Waals surface area (Å²) >= 11 is 3.40. The van der Waals surface area contributed by atoms with E-state index in [-0.39, 0.29) is 24.1 Å². The number of anilines is 1. The maximum Gasteiger partial charge on any atom is 0.254 e. The Morgan fingerprint density at radius 1 is 1.35 bits per heavy atom. The van der Waals surface area contributed by atoms with E-state index in [9.17, 15) is 9.90 Å². The Labute approximate surface area is 127 Å². The zero-order valence-corrected chi connectivity index (χ0v) is 13.1. The van der Waals surface area contributed by atoms with Gasteiger partial charge in [0, 0.05) is 27.8 Å². The van der Waals surface area contributed by atoms with Crippen molar-refractivity contribution in [3.8, 4) is 0 Å². The van der Waals surface area contributed by atoms with E-state index in [1.54, 1.807) is 0 Å². The van der Waals surface area contributed by atoms with E-state index in [1.165, 1.54) is 0 Å². The molecule has 3 N–H and O–H groups in total. The van der Waals surface area contributed by atoms with Crippen molar-refractivity contribution in [1.29, 1.82) is 0 Å². The minimum atomic E-state index is -0.259. The number of carbonyl (C=O) groups is 1. The maximum atomic E-state index is 12.9. The summed E-state index contributed by atoms with van der Waals surface area (Å²) in [5, 5.41) is 9.84. The molecule has 0 radical (unpaired) electrons. The fourth-order valence-corrected chi connectivity index (χ4v) is 4.02. The van der Waals surface area contributed by atoms with Crippen molar-refractivity contribution in [2.24, 2.45) is 0 Å². The Bertz CT molecular complexity index is 547. The monoisotopic (exact) mass is 338 g/mol. The number of nitrogens with zero attached hydrogens (tertiary/aromatic N) is 1. The van der Waals surface area contributed by atoms with Gasteiger partial charge in [0.1, 0.15) is 0 Å². The first-order valence-corrected chi connectivity index (χ1v) is 7.83. The first-order chi connectivity index (χ1) is 9.47. The lowest BCUT2D eigenvalue weighted by molar-refractivity contribution is 0.0286. The molecule has 2 saturated heterocycles. The molecule has 2 heterocycles. The van der Waals surface area contributed by atoms with Gasteiger partial charge in [-0.2, -0.15) is 0 Å². The topological polar surface area (TPSA) is 66.6 Å². The number of carbonyl (C=O) groups excluding carboxylic acids is 1. The lowest BCUT2D eigenvalue weighted by atomic mass is 9.97. The van der Waals surface area contributed by atoms with Crippen LogP contribution in [0.5, 0.6) is 0 Å². The molecule has 20 heavy (non-hydrogen) atoms. The second kappa shape index (κ2) is 5.04. The fourth-order valence-electron chi connectivity index (χ4n) is 3.54. The van der Waals surface area contributed by atoms with Crippen LogP contribution in [0.25, 0.3) is 0 Å². The van der Waals surface area contributed by atoms with Crippen LogP contribution in [0.2, 0.25) is 0 Å². The minimum absolute atomic E-state index is 0.0508. The highest BCUT2D eigenvalue weighted by molar-refractivity contribution is 9.10. The summed E-state index contributed by atoms with van der Waals surface area (Å²) < 4.78 is 0.827. The SMILES string of the molecule is Cc1c(N)cc(Br)cc1C(=O)N1C2CCC1CC(O)C2. The number of halogens is 1. The molecular formula is C15H19BrN2O2. The average Bonchev–Trinajstić information content (AvgIpc) is 2.65. The standard InChI is InChI=1S/C15H19BrN2O2/c1-8-13(4-9(16)5-14(8)17)15(20)18-10-2-3-11(18)7-12(19)6-10/h4-5,10-12,19H,2-3,6-7,17H2,1H3. The molecule has 0 saturated carbocycles. The van der Waals surface area contributed by atoms with E-state index in [0.29, 0.717) is 24.1 Å². The average molecular weight is 339 g/mol. The predicted octanol–water partition coefficient (Wildman–Crippen LogP) is 2.47. The van der Waals surface area contributed by atoms with Gasteiger partial charge in [0.05, 0.1) is 6.10 Å². The Hall–Kier alpha value is -1.07. The summed E-state index contributed by atoms with van der Waals surface area (Å²) in [6, 6.07) is 4.02. The fraction of sp³-hybridized carbons (Fsp3) is 0.533. The number of benzene rings is 1. The van der Waals surface area contributed by atoms with E-state index in [2.05, 4.69) is 15.9 Å². The number of piperidine rings is 1. The summed E-state index contributed by atoms with van der Waals surface area (Å²) in [6.07, 6.45) is 3.13. The molecule has 4 nitrogen and oxygen atoms in total. The number of aliphatic hydroxyl groups is 1. The quantitative estimate of drug-likeness (QED) is 0.773. The second-order valence-corrected chi connectivity index (χ2v) is 6.81. The van der Waals surface area contributed by atoms with Gasteiger partial charge in [0.15, 0.2) is 0 Å². The molecule has 0 aliphatic carbocycles. The van der Waals surface area contributed by atoms with E-state index < -0.39 is 0 Å². The number of amides is 1. The van der Waals surface area contributed by atoms with Gasteiger partial charge < -0.3 is 15.7 Å². The molecule has 2 atom stereocenters. The molecular weight excluding hydrogens is 320 g/mol. The van der Waals surface area contributed by atoms with Crippen LogP contribution < -0.4 is 5.73 Å². The Morgan fingerprint density at radius 2 is 1.95 bits per heavy atom. The van der Waals surface area contributed by atoms with Crippen molar-refractivity contribution in [2.75, 3.05) is 5.73 Å². The molecule has 1 amide bonds. The largest absolute Gasteiger partial charge is 0.398 e. The molecule has 1 aromatic carbocycles. The molecule has 2 bridgehead atoms. The molecule has 2 aliphatic rings. The van der Waals surface area contributed by atoms with Crippen LogP contribution in [0.1, 0.15) is 41.6 Å². The first-order valence-electron chi connectivity index (χ1n) is 7.03. The van der Waals surface area contributed by atoms with Crippen molar-refractivity contribution in [1.82, 2.24) is 4.90 Å². The maximum absolute atomic E-state index is 12.9. The highest BCUT2D eigenvalue weighted by atomic mass is 79.9. The van der Waals surface area contributed by atoms with Crippen LogP contribution in [-0.2, 0) is 0 Å². The predicted molar refractivity (Wildman–Crippen MR) is 81.5 cm³/mol. The number of rotatable bonds is 1. The van der Waals surface area contributed by atoms with Crippen LogP contribution in [0.3, 0.4) is 0 Å². The van der Waals surface area contributed by atoms with Crippen LogP contribution in [-0.4, -0.2) is 34.1 Å². The third kappa shape index (κ3) is 2.23. The Morgan fingerprint density at radius 3 is 2.55 bits per heavy atom. The number of aliphatic hydroxyl groups excluding tert-OH is 1. The summed E-state index contributed by atoms with van der Waals surface area (Å²) in [5.74, 6) is 0.0508. The van der Waals surface area contributed by atoms with Crippen LogP contribution in [0, 0.1) is 6.92 Å². The Balaban J connectivity index is 1.94. The highest BCUT2D eigenvalue weighted by Gasteiger charge is 2.43. The molecule has 0 aromatic heterocycles. The summed E-state index contributed by atoms with van der Waals surface area (Å²) in [6.45, 7) is 1.88. The van der Waals surface area contributed by atoms with Crippen molar-refractivity contribution < 1.29 is 9.90 Å². The molecule has 108 valence electrons. The smallest absolute Gasteiger partial charge is 0.254 e. The van der Waals surface area contributed by atoms with Gasteiger partial charge in [-0.05, 0) is 50.3 Å². The van der Waals surface area contributed by atoms with Gasteiger partial charge in [-0.1, -0.05) is 15.9 Å². The Kier molecular flexibility index (Phi) is 3.50. The van der Waals surface area contributed by atoms with Crippen LogP contribution in [0.4, 0.5) is 5.69 Å². The van der Waals surface area contributed by atoms with E-state index >= 15 is 0 Å². The lowest BCUT2D eigenvalue weighted by Gasteiger charge is -2.37. The summed E-state index contributed by atoms with van der Waals surface area (Å²) in [7, 11) is 0. The van der Waals surface area contributed by atoms with E-state index in [0.717, 1.165) is 22.9 Å². The lowest BCUT2D eigenvalue weighted by Crippen LogP contribution is -2.48. The van der Waals surface area contributed by atoms with Crippen molar-refractivity contribution in [3.63, 3.8) is 0 Å². The van der Waals surface area contributed by atoms with Gasteiger partial charge >= 0.3 is 0 Å². The highest BCUT2D eigenvalue weighted by Crippen LogP contribution is 2.37. The van der Waals surface area contributed by atoms with Crippen LogP contribution >= 0.6 is 15.9 Å². The third-order valence-electron chi connectivity index (χ3n) is 4.59. The molecule has 3 rings (SSSR count). The van der Waals surface area contributed by atoms with Gasteiger partial charge in [-0.15, -0.1) is 0 Å². The molecule has 2 aliphatic heterocycles. The molecule has 0 spiro atoms. The first kappa shape index (κ1) is 13.9. The van der Waals surface area contributed by atoms with Crippen molar-refractivity contribution in [3.05, 3.63) is 27.7 Å². The second-order valence-electron chi connectivity index (χ2n) is 5.89. The number of hydrogen-bond acceptors (Lipinski definition) is 3. The minimum Gasteiger partial charge on any atom is -0.398 e. The van der Waals surface area contributed by atoms with Crippen molar-refractivity contribution in [2.45, 2.75) is 50.8 Å². The number of fused-ring (bicyclic) bond motifs is 2. The summed E-state index contributed by atoms with van der Waals surface area (Å²) in [5.41, 5.74) is 8.09. The number of nitrogen functional groups attached to an aromatic ring is 1. The third-order valence-corrected chi connectivity index (χ3v) is 5.04. The molecule has 5 heteroatoms. The number of hydrogen-bond donors (Lipinski definition) is 2. The normalized spacial score (nSPS) is 28.8. The number of nitrogens with two attached hydrogens (primary N) is 1. The van der Waals surface area contributed by atoms with Crippen molar-refractivity contribution >= 4 is 27.5 Å². The zero-order valence-electron chi connectivity index (χ0n) is 11.5. The zero-order chi connectivity index (χ0) is 14.4. The molecule has 2 unspecified atom stereocenters. The van der Waals surface area contributed by atoms with Gasteiger partial charge in [0.25, 0.3) is 5.91 Å². The van der Waals surface area contributed by atoms with Crippen LogP contribution in [0.15, 0.2) is 16.6 Å².